The number of carbonyl (C=O) groups excluding carboxylic acids is 2. The Morgan fingerprint density at radius 1 is 0.900 bits per heavy atom. The fourth-order valence-electron chi connectivity index (χ4n) is 3.10. The number of rotatable bonds is 6. The highest BCUT2D eigenvalue weighted by atomic mass is 16.2. The molecule has 5 nitrogen and oxygen atoms in total. The van der Waals surface area contributed by atoms with Crippen molar-refractivity contribution in [3.05, 3.63) is 95.1 Å². The largest absolute Gasteiger partial charge is 0.331 e. The molecule has 3 N–H and O–H groups in total. The molecule has 0 heterocycles. The zero-order valence-corrected chi connectivity index (χ0v) is 17.5. The smallest absolute Gasteiger partial charge is 0.319 e. The summed E-state index contributed by atoms with van der Waals surface area (Å²) in [6, 6.07) is 22.3. The van der Waals surface area contributed by atoms with Crippen molar-refractivity contribution in [1.29, 1.82) is 0 Å². The second-order valence-corrected chi connectivity index (χ2v) is 7.27. The molecular formula is C25H27N3O2. The minimum absolute atomic E-state index is 0.138. The van der Waals surface area contributed by atoms with E-state index in [0.717, 1.165) is 23.2 Å². The van der Waals surface area contributed by atoms with Crippen LogP contribution >= 0.6 is 0 Å². The van der Waals surface area contributed by atoms with E-state index in [1.807, 2.05) is 62.4 Å². The summed E-state index contributed by atoms with van der Waals surface area (Å²) in [5, 5.41) is 8.66. The first-order valence-electron chi connectivity index (χ1n) is 10.1. The molecule has 0 aliphatic heterocycles. The van der Waals surface area contributed by atoms with Gasteiger partial charge in [-0.1, -0.05) is 55.5 Å². The fraction of sp³-hybridized carbons (Fsp3) is 0.200. The van der Waals surface area contributed by atoms with E-state index in [0.29, 0.717) is 11.3 Å². The van der Waals surface area contributed by atoms with Gasteiger partial charge in [-0.2, -0.15) is 0 Å². The van der Waals surface area contributed by atoms with Crippen molar-refractivity contribution in [2.45, 2.75) is 33.2 Å². The van der Waals surface area contributed by atoms with Gasteiger partial charge in [0, 0.05) is 16.9 Å². The number of para-hydroxylation sites is 1. The molecule has 3 aromatic carbocycles. The van der Waals surface area contributed by atoms with Gasteiger partial charge >= 0.3 is 6.03 Å². The third-order valence-electron chi connectivity index (χ3n) is 5.02. The molecule has 3 aromatic rings. The molecule has 0 saturated heterocycles. The van der Waals surface area contributed by atoms with Crippen molar-refractivity contribution in [2.24, 2.45) is 0 Å². The SMILES string of the molecule is CCc1ccc(C(C)NC(=O)Nc2cc(C(=O)Nc3ccccc3)ccc2C)cc1. The summed E-state index contributed by atoms with van der Waals surface area (Å²) in [5.74, 6) is -0.228. The van der Waals surface area contributed by atoms with E-state index in [9.17, 15) is 9.59 Å². The molecule has 3 rings (SSSR count). The average molecular weight is 402 g/mol. The fourth-order valence-corrected chi connectivity index (χ4v) is 3.10. The molecule has 0 bridgehead atoms. The zero-order valence-electron chi connectivity index (χ0n) is 17.5. The van der Waals surface area contributed by atoms with Gasteiger partial charge in [0.25, 0.3) is 5.91 Å². The number of hydrogen-bond acceptors (Lipinski definition) is 2. The van der Waals surface area contributed by atoms with Crippen LogP contribution in [0.1, 0.15) is 46.9 Å². The van der Waals surface area contributed by atoms with E-state index in [2.05, 4.69) is 35.0 Å². The molecular weight excluding hydrogens is 374 g/mol. The molecule has 0 radical (unpaired) electrons. The van der Waals surface area contributed by atoms with Crippen LogP contribution < -0.4 is 16.0 Å². The molecule has 0 spiro atoms. The summed E-state index contributed by atoms with van der Waals surface area (Å²) in [6.07, 6.45) is 0.982. The monoisotopic (exact) mass is 401 g/mol. The van der Waals surface area contributed by atoms with Gasteiger partial charge in [-0.15, -0.1) is 0 Å². The molecule has 154 valence electrons. The molecule has 3 amide bonds. The van der Waals surface area contributed by atoms with Crippen LogP contribution in [0.15, 0.2) is 72.8 Å². The lowest BCUT2D eigenvalue weighted by Gasteiger charge is -2.17. The van der Waals surface area contributed by atoms with Crippen molar-refractivity contribution in [1.82, 2.24) is 5.32 Å². The van der Waals surface area contributed by atoms with Gasteiger partial charge in [0.05, 0.1) is 6.04 Å². The Kier molecular flexibility index (Phi) is 6.86. The van der Waals surface area contributed by atoms with E-state index in [-0.39, 0.29) is 18.0 Å². The number of benzene rings is 3. The second-order valence-electron chi connectivity index (χ2n) is 7.27. The first-order valence-corrected chi connectivity index (χ1v) is 10.1. The topological polar surface area (TPSA) is 70.2 Å². The van der Waals surface area contributed by atoms with Crippen LogP contribution in [0, 0.1) is 6.92 Å². The first-order chi connectivity index (χ1) is 14.5. The number of carbonyl (C=O) groups is 2. The van der Waals surface area contributed by atoms with Gasteiger partial charge in [-0.3, -0.25) is 4.79 Å². The summed E-state index contributed by atoms with van der Waals surface area (Å²) >= 11 is 0. The quantitative estimate of drug-likeness (QED) is 0.496. The Balaban J connectivity index is 1.65. The Hall–Kier alpha value is -3.60. The van der Waals surface area contributed by atoms with Crippen molar-refractivity contribution in [3.8, 4) is 0 Å². The van der Waals surface area contributed by atoms with E-state index < -0.39 is 0 Å². The highest BCUT2D eigenvalue weighted by molar-refractivity contribution is 6.05. The van der Waals surface area contributed by atoms with Crippen LogP contribution in [-0.4, -0.2) is 11.9 Å². The molecule has 0 aromatic heterocycles. The molecule has 1 atom stereocenters. The predicted molar refractivity (Wildman–Crippen MR) is 122 cm³/mol. The lowest BCUT2D eigenvalue weighted by Crippen LogP contribution is -2.31. The van der Waals surface area contributed by atoms with Gasteiger partial charge in [-0.05, 0) is 61.2 Å². The second kappa shape index (κ2) is 9.74. The average Bonchev–Trinajstić information content (AvgIpc) is 2.76. The minimum atomic E-state index is -0.314. The third kappa shape index (κ3) is 5.47. The Bertz CT molecular complexity index is 1010. The molecule has 5 heteroatoms. The molecule has 0 aliphatic rings. The standard InChI is InChI=1S/C25H27N3O2/c1-4-19-11-14-20(15-12-19)18(3)26-25(30)28-23-16-21(13-10-17(23)2)24(29)27-22-8-6-5-7-9-22/h5-16,18H,4H2,1-3H3,(H,27,29)(H2,26,28,30). The summed E-state index contributed by atoms with van der Waals surface area (Å²) < 4.78 is 0. The maximum atomic E-state index is 12.5. The molecule has 0 aliphatic carbocycles. The summed E-state index contributed by atoms with van der Waals surface area (Å²) in [7, 11) is 0. The van der Waals surface area contributed by atoms with Crippen LogP contribution in [-0.2, 0) is 6.42 Å². The number of urea groups is 1. The maximum Gasteiger partial charge on any atom is 0.319 e. The lowest BCUT2D eigenvalue weighted by atomic mass is 10.1. The van der Waals surface area contributed by atoms with Crippen molar-refractivity contribution in [3.63, 3.8) is 0 Å². The Labute approximate surface area is 177 Å². The van der Waals surface area contributed by atoms with Gasteiger partial charge in [-0.25, -0.2) is 4.79 Å². The van der Waals surface area contributed by atoms with Gasteiger partial charge in [0.1, 0.15) is 0 Å². The maximum absolute atomic E-state index is 12.5. The van der Waals surface area contributed by atoms with E-state index in [4.69, 9.17) is 0 Å². The highest BCUT2D eigenvalue weighted by Gasteiger charge is 2.13. The number of amides is 3. The lowest BCUT2D eigenvalue weighted by molar-refractivity contribution is 0.102. The van der Waals surface area contributed by atoms with Crippen LogP contribution in [0.5, 0.6) is 0 Å². The Morgan fingerprint density at radius 2 is 1.60 bits per heavy atom. The van der Waals surface area contributed by atoms with E-state index in [1.54, 1.807) is 12.1 Å². The van der Waals surface area contributed by atoms with Crippen LogP contribution in [0.25, 0.3) is 0 Å². The minimum Gasteiger partial charge on any atom is -0.331 e. The molecule has 30 heavy (non-hydrogen) atoms. The van der Waals surface area contributed by atoms with Crippen LogP contribution in [0.4, 0.5) is 16.2 Å². The number of anilines is 2. The first kappa shape index (κ1) is 21.1. The number of aryl methyl sites for hydroxylation is 2. The molecule has 0 fully saturated rings. The van der Waals surface area contributed by atoms with E-state index >= 15 is 0 Å². The van der Waals surface area contributed by atoms with E-state index in [1.165, 1.54) is 5.56 Å². The van der Waals surface area contributed by atoms with Crippen molar-refractivity contribution < 1.29 is 9.59 Å². The molecule has 1 unspecified atom stereocenters. The normalized spacial score (nSPS) is 11.4. The summed E-state index contributed by atoms with van der Waals surface area (Å²) in [4.78, 5) is 25.1. The Morgan fingerprint density at radius 3 is 2.27 bits per heavy atom. The highest BCUT2D eigenvalue weighted by Crippen LogP contribution is 2.19. The van der Waals surface area contributed by atoms with Gasteiger partial charge in [0.2, 0.25) is 0 Å². The molecule has 0 saturated carbocycles. The summed E-state index contributed by atoms with van der Waals surface area (Å²) in [6.45, 7) is 5.94. The third-order valence-corrected chi connectivity index (χ3v) is 5.02. The van der Waals surface area contributed by atoms with Crippen molar-refractivity contribution >= 4 is 23.3 Å². The van der Waals surface area contributed by atoms with Gasteiger partial charge in [0.15, 0.2) is 0 Å². The van der Waals surface area contributed by atoms with Crippen molar-refractivity contribution in [2.75, 3.05) is 10.6 Å². The number of hydrogen-bond donors (Lipinski definition) is 3. The van der Waals surface area contributed by atoms with Gasteiger partial charge < -0.3 is 16.0 Å². The zero-order chi connectivity index (χ0) is 21.5. The van der Waals surface area contributed by atoms with Crippen LogP contribution in [0.2, 0.25) is 0 Å². The van der Waals surface area contributed by atoms with Crippen LogP contribution in [0.3, 0.4) is 0 Å². The number of nitrogens with one attached hydrogen (secondary N) is 3. The predicted octanol–water partition coefficient (Wildman–Crippen LogP) is 5.69. The summed E-state index contributed by atoms with van der Waals surface area (Å²) in [5.41, 5.74) is 4.97.